The van der Waals surface area contributed by atoms with E-state index in [2.05, 4.69) is 0 Å². The van der Waals surface area contributed by atoms with Crippen LogP contribution in [0.4, 0.5) is 0 Å². The summed E-state index contributed by atoms with van der Waals surface area (Å²) in [5.41, 5.74) is -1.10. The van der Waals surface area contributed by atoms with Gasteiger partial charge in [-0.2, -0.15) is 0 Å². The summed E-state index contributed by atoms with van der Waals surface area (Å²) in [6, 6.07) is 0. The van der Waals surface area contributed by atoms with E-state index in [1.165, 1.54) is 0 Å². The molecular weight excluding hydrogens is 164 g/mol. The highest BCUT2D eigenvalue weighted by Crippen LogP contribution is 2.23. The molecular formula is C11H22O2. The van der Waals surface area contributed by atoms with Crippen LogP contribution in [0.25, 0.3) is 0 Å². The SMILES string of the molecule is C.CC(C)(C)C(=O)C(=O)C(C)(C)C. The van der Waals surface area contributed by atoms with Crippen molar-refractivity contribution in [1.82, 2.24) is 0 Å². The third-order valence-electron chi connectivity index (χ3n) is 1.57. The van der Waals surface area contributed by atoms with Crippen LogP contribution in [0.2, 0.25) is 0 Å². The van der Waals surface area contributed by atoms with Gasteiger partial charge in [0.25, 0.3) is 0 Å². The van der Waals surface area contributed by atoms with Gasteiger partial charge >= 0.3 is 0 Å². The fourth-order valence-corrected chi connectivity index (χ4v) is 0.681. The van der Waals surface area contributed by atoms with Crippen molar-refractivity contribution in [2.24, 2.45) is 10.8 Å². The van der Waals surface area contributed by atoms with Gasteiger partial charge in [-0.3, -0.25) is 9.59 Å². The van der Waals surface area contributed by atoms with Crippen LogP contribution >= 0.6 is 0 Å². The van der Waals surface area contributed by atoms with Crippen molar-refractivity contribution in [3.63, 3.8) is 0 Å². The molecule has 0 radical (unpaired) electrons. The minimum absolute atomic E-state index is 0. The predicted octanol–water partition coefficient (Wildman–Crippen LogP) is 2.85. The van der Waals surface area contributed by atoms with Gasteiger partial charge in [0.05, 0.1) is 0 Å². The van der Waals surface area contributed by atoms with Crippen LogP contribution in [0.1, 0.15) is 49.0 Å². The average Bonchev–Trinajstić information content (AvgIpc) is 1.80. The van der Waals surface area contributed by atoms with E-state index in [-0.39, 0.29) is 19.0 Å². The molecule has 78 valence electrons. The lowest BCUT2D eigenvalue weighted by Crippen LogP contribution is -2.36. The minimum Gasteiger partial charge on any atom is -0.290 e. The van der Waals surface area contributed by atoms with Crippen molar-refractivity contribution in [3.05, 3.63) is 0 Å². The third kappa shape index (κ3) is 4.20. The van der Waals surface area contributed by atoms with Gasteiger partial charge in [-0.05, 0) is 0 Å². The zero-order valence-electron chi connectivity index (χ0n) is 8.82. The fraction of sp³-hybridized carbons (Fsp3) is 0.818. The molecule has 0 unspecified atom stereocenters. The molecule has 2 heteroatoms. The van der Waals surface area contributed by atoms with Crippen LogP contribution in [0.15, 0.2) is 0 Å². The van der Waals surface area contributed by atoms with Gasteiger partial charge in [0.15, 0.2) is 0 Å². The molecule has 0 rings (SSSR count). The molecule has 0 aromatic rings. The summed E-state index contributed by atoms with van der Waals surface area (Å²) in [5.74, 6) is -0.565. The van der Waals surface area contributed by atoms with E-state index in [9.17, 15) is 9.59 Å². The maximum Gasteiger partial charge on any atom is 0.204 e. The van der Waals surface area contributed by atoms with E-state index in [1.54, 1.807) is 41.5 Å². The van der Waals surface area contributed by atoms with Gasteiger partial charge in [-0.1, -0.05) is 49.0 Å². The Hall–Kier alpha value is -0.660. The first-order chi connectivity index (χ1) is 5.07. The van der Waals surface area contributed by atoms with Crippen molar-refractivity contribution < 1.29 is 9.59 Å². The molecule has 0 saturated carbocycles. The molecule has 0 aromatic carbocycles. The van der Waals surface area contributed by atoms with Gasteiger partial charge in [0.2, 0.25) is 11.6 Å². The molecule has 0 aliphatic heterocycles. The molecule has 0 fully saturated rings. The van der Waals surface area contributed by atoms with E-state index < -0.39 is 10.8 Å². The van der Waals surface area contributed by atoms with Gasteiger partial charge in [0.1, 0.15) is 0 Å². The Morgan fingerprint density at radius 2 is 0.846 bits per heavy atom. The van der Waals surface area contributed by atoms with Crippen molar-refractivity contribution in [2.75, 3.05) is 0 Å². The first kappa shape index (κ1) is 14.8. The van der Waals surface area contributed by atoms with Crippen LogP contribution in [-0.4, -0.2) is 11.6 Å². The zero-order valence-corrected chi connectivity index (χ0v) is 8.82. The monoisotopic (exact) mass is 186 g/mol. The van der Waals surface area contributed by atoms with E-state index in [0.717, 1.165) is 0 Å². The average molecular weight is 186 g/mol. The normalized spacial score (nSPS) is 11.8. The summed E-state index contributed by atoms with van der Waals surface area (Å²) >= 11 is 0. The molecule has 0 aromatic heterocycles. The first-order valence-electron chi connectivity index (χ1n) is 4.16. The molecule has 0 amide bonds. The van der Waals surface area contributed by atoms with Crippen LogP contribution in [-0.2, 0) is 9.59 Å². The largest absolute Gasteiger partial charge is 0.290 e. The van der Waals surface area contributed by atoms with E-state index in [1.807, 2.05) is 0 Å². The Balaban J connectivity index is 0. The van der Waals surface area contributed by atoms with E-state index >= 15 is 0 Å². The number of hydrogen-bond donors (Lipinski definition) is 0. The molecule has 0 bridgehead atoms. The molecule has 2 nitrogen and oxygen atoms in total. The summed E-state index contributed by atoms with van der Waals surface area (Å²) in [4.78, 5) is 22.9. The van der Waals surface area contributed by atoms with Crippen LogP contribution < -0.4 is 0 Å². The third-order valence-corrected chi connectivity index (χ3v) is 1.57. The second-order valence-corrected chi connectivity index (χ2v) is 5.16. The highest BCUT2D eigenvalue weighted by Gasteiger charge is 2.35. The number of carbonyl (C=O) groups excluding carboxylic acids is 2. The molecule has 13 heavy (non-hydrogen) atoms. The molecule has 0 heterocycles. The number of hydrogen-bond acceptors (Lipinski definition) is 2. The smallest absolute Gasteiger partial charge is 0.204 e. The molecule has 0 aliphatic carbocycles. The van der Waals surface area contributed by atoms with Crippen molar-refractivity contribution in [3.8, 4) is 0 Å². The number of carbonyl (C=O) groups is 2. The maximum absolute atomic E-state index is 11.5. The maximum atomic E-state index is 11.5. The molecule has 0 saturated heterocycles. The molecule has 0 spiro atoms. The standard InChI is InChI=1S/C10H18O2.CH4/c1-9(2,3)7(11)8(12)10(4,5)6;/h1-6H3;1H4. The van der Waals surface area contributed by atoms with Gasteiger partial charge in [0, 0.05) is 10.8 Å². The molecule has 0 N–H and O–H groups in total. The Morgan fingerprint density at radius 3 is 0.923 bits per heavy atom. The van der Waals surface area contributed by atoms with Crippen LogP contribution in [0.3, 0.4) is 0 Å². The Kier molecular flexibility index (Phi) is 4.60. The molecule has 0 atom stereocenters. The second-order valence-electron chi connectivity index (χ2n) is 5.16. The quantitative estimate of drug-likeness (QED) is 0.590. The number of ketones is 2. The lowest BCUT2D eigenvalue weighted by Gasteiger charge is -2.22. The Bertz CT molecular complexity index is 177. The fourth-order valence-electron chi connectivity index (χ4n) is 0.681. The zero-order chi connectivity index (χ0) is 10.2. The lowest BCUT2D eigenvalue weighted by molar-refractivity contribution is -0.145. The summed E-state index contributed by atoms with van der Waals surface area (Å²) in [6.07, 6.45) is 0. The van der Waals surface area contributed by atoms with E-state index in [0.29, 0.717) is 0 Å². The van der Waals surface area contributed by atoms with Gasteiger partial charge < -0.3 is 0 Å². The van der Waals surface area contributed by atoms with Crippen molar-refractivity contribution in [2.45, 2.75) is 49.0 Å². The van der Waals surface area contributed by atoms with Crippen molar-refractivity contribution >= 4 is 11.6 Å². The van der Waals surface area contributed by atoms with Gasteiger partial charge in [-0.25, -0.2) is 0 Å². The number of Topliss-reactive ketones (excluding diaryl/α,β-unsaturated/α-hetero) is 2. The summed E-state index contributed by atoms with van der Waals surface area (Å²) in [6.45, 7) is 10.6. The first-order valence-corrected chi connectivity index (χ1v) is 4.16. The highest BCUT2D eigenvalue weighted by molar-refractivity contribution is 6.40. The highest BCUT2D eigenvalue weighted by atomic mass is 16.2. The van der Waals surface area contributed by atoms with Gasteiger partial charge in [-0.15, -0.1) is 0 Å². The topological polar surface area (TPSA) is 34.1 Å². The minimum atomic E-state index is -0.551. The Morgan fingerprint density at radius 1 is 0.692 bits per heavy atom. The summed E-state index contributed by atoms with van der Waals surface area (Å²) < 4.78 is 0. The number of rotatable bonds is 1. The summed E-state index contributed by atoms with van der Waals surface area (Å²) in [7, 11) is 0. The van der Waals surface area contributed by atoms with Crippen LogP contribution in [0.5, 0.6) is 0 Å². The summed E-state index contributed by atoms with van der Waals surface area (Å²) in [5, 5.41) is 0. The predicted molar refractivity (Wildman–Crippen MR) is 55.7 cm³/mol. The lowest BCUT2D eigenvalue weighted by atomic mass is 9.79. The van der Waals surface area contributed by atoms with Crippen molar-refractivity contribution in [1.29, 1.82) is 0 Å². The molecule has 0 aliphatic rings. The second kappa shape index (κ2) is 4.03. The Labute approximate surface area is 81.7 Å². The van der Waals surface area contributed by atoms with Crippen LogP contribution in [0, 0.1) is 10.8 Å². The van der Waals surface area contributed by atoms with E-state index in [4.69, 9.17) is 0 Å².